The fourth-order valence-electron chi connectivity index (χ4n) is 1.60. The molecule has 0 radical (unpaired) electrons. The smallest absolute Gasteiger partial charge is 0.223 e. The van der Waals surface area contributed by atoms with Crippen LogP contribution in [0.1, 0.15) is 46.5 Å². The van der Waals surface area contributed by atoms with Gasteiger partial charge >= 0.3 is 0 Å². The Hall–Kier alpha value is -1.26. The molecule has 5 nitrogen and oxygen atoms in total. The third kappa shape index (κ3) is 5.00. The third-order valence-electron chi connectivity index (χ3n) is 2.56. The molecule has 1 amide bonds. The second kappa shape index (κ2) is 7.96. The second-order valence-electron chi connectivity index (χ2n) is 4.03. The summed E-state index contributed by atoms with van der Waals surface area (Å²) in [5.41, 5.74) is 5.40. The van der Waals surface area contributed by atoms with Crippen LogP contribution in [0.5, 0.6) is 0 Å². The molecule has 94 valence electrons. The Kier molecular flexibility index (Phi) is 7.33. The fraction of sp³-hybridized carbons (Fsp3) is 0.818. The summed E-state index contributed by atoms with van der Waals surface area (Å²) in [5.74, 6) is 0.0480. The minimum atomic E-state index is -0.422. The number of hydrogen-bond acceptors (Lipinski definition) is 3. The Bertz CT molecular complexity index is 235. The van der Waals surface area contributed by atoms with E-state index in [1.54, 1.807) is 6.92 Å². The van der Waals surface area contributed by atoms with Gasteiger partial charge in [-0.15, -0.1) is 0 Å². The summed E-state index contributed by atoms with van der Waals surface area (Å²) in [6.07, 6.45) is 3.72. The van der Waals surface area contributed by atoms with Gasteiger partial charge in [-0.1, -0.05) is 31.8 Å². The summed E-state index contributed by atoms with van der Waals surface area (Å²) in [6, 6.07) is -0.422. The summed E-state index contributed by atoms with van der Waals surface area (Å²) in [4.78, 5) is 11.9. The lowest BCUT2D eigenvalue weighted by molar-refractivity contribution is -0.125. The first-order valence-corrected chi connectivity index (χ1v) is 5.84. The van der Waals surface area contributed by atoms with Gasteiger partial charge in [0, 0.05) is 5.92 Å². The predicted octanol–water partition coefficient (Wildman–Crippen LogP) is 1.45. The Morgan fingerprint density at radius 2 is 1.88 bits per heavy atom. The molecule has 16 heavy (non-hydrogen) atoms. The normalized spacial score (nSPS) is 13.9. The van der Waals surface area contributed by atoms with E-state index in [-0.39, 0.29) is 17.7 Å². The van der Waals surface area contributed by atoms with Gasteiger partial charge < -0.3 is 16.3 Å². The van der Waals surface area contributed by atoms with Gasteiger partial charge in [0.15, 0.2) is 5.84 Å². The van der Waals surface area contributed by atoms with Crippen LogP contribution in [-0.2, 0) is 4.79 Å². The van der Waals surface area contributed by atoms with Crippen molar-refractivity contribution in [2.45, 2.75) is 52.5 Å². The summed E-state index contributed by atoms with van der Waals surface area (Å²) < 4.78 is 0. The first kappa shape index (κ1) is 14.7. The molecule has 0 aliphatic carbocycles. The van der Waals surface area contributed by atoms with E-state index in [1.165, 1.54) is 0 Å². The molecule has 0 saturated heterocycles. The van der Waals surface area contributed by atoms with Crippen LogP contribution in [0.2, 0.25) is 0 Å². The van der Waals surface area contributed by atoms with Gasteiger partial charge in [-0.2, -0.15) is 0 Å². The van der Waals surface area contributed by atoms with Gasteiger partial charge in [0.05, 0.1) is 6.04 Å². The average Bonchev–Trinajstić information content (AvgIpc) is 2.27. The summed E-state index contributed by atoms with van der Waals surface area (Å²) >= 11 is 0. The Labute approximate surface area is 97.1 Å². The maximum absolute atomic E-state index is 11.9. The van der Waals surface area contributed by atoms with Crippen molar-refractivity contribution < 1.29 is 10.0 Å². The molecule has 0 aliphatic heterocycles. The number of nitrogens with one attached hydrogen (secondary N) is 1. The molecule has 4 N–H and O–H groups in total. The van der Waals surface area contributed by atoms with Crippen molar-refractivity contribution in [2.24, 2.45) is 16.8 Å². The van der Waals surface area contributed by atoms with Crippen LogP contribution in [-0.4, -0.2) is 23.0 Å². The summed E-state index contributed by atoms with van der Waals surface area (Å²) in [6.45, 7) is 5.81. The molecule has 1 atom stereocenters. The standard InChI is InChI=1S/C11H23N3O2/c1-4-6-9(7-5-2)11(15)13-8(3)10(12)14-16/h8-9,16H,4-7H2,1-3H3,(H2,12,14)(H,13,15). The van der Waals surface area contributed by atoms with Crippen molar-refractivity contribution >= 4 is 11.7 Å². The monoisotopic (exact) mass is 229 g/mol. The maximum atomic E-state index is 11.9. The van der Waals surface area contributed by atoms with Crippen molar-refractivity contribution in [3.8, 4) is 0 Å². The highest BCUT2D eigenvalue weighted by Crippen LogP contribution is 2.13. The number of rotatable bonds is 7. The van der Waals surface area contributed by atoms with E-state index >= 15 is 0 Å². The van der Waals surface area contributed by atoms with E-state index in [1.807, 2.05) is 0 Å². The van der Waals surface area contributed by atoms with E-state index < -0.39 is 6.04 Å². The molecule has 0 aromatic rings. The molecule has 0 heterocycles. The Morgan fingerprint density at radius 1 is 1.38 bits per heavy atom. The van der Waals surface area contributed by atoms with Gasteiger partial charge in [0.1, 0.15) is 0 Å². The minimum Gasteiger partial charge on any atom is -0.409 e. The number of nitrogens with two attached hydrogens (primary N) is 1. The number of amidine groups is 1. The number of carbonyl (C=O) groups excluding carboxylic acids is 1. The topological polar surface area (TPSA) is 87.7 Å². The molecular weight excluding hydrogens is 206 g/mol. The highest BCUT2D eigenvalue weighted by molar-refractivity contribution is 5.90. The second-order valence-corrected chi connectivity index (χ2v) is 4.03. The minimum absolute atomic E-state index is 0.0113. The zero-order valence-electron chi connectivity index (χ0n) is 10.4. The quantitative estimate of drug-likeness (QED) is 0.267. The first-order valence-electron chi connectivity index (χ1n) is 5.84. The van der Waals surface area contributed by atoms with Crippen LogP contribution in [0.15, 0.2) is 5.16 Å². The molecule has 5 heteroatoms. The van der Waals surface area contributed by atoms with Gasteiger partial charge in [0.25, 0.3) is 0 Å². The molecule has 0 aliphatic rings. The van der Waals surface area contributed by atoms with Crippen molar-refractivity contribution in [3.63, 3.8) is 0 Å². The van der Waals surface area contributed by atoms with E-state index in [0.29, 0.717) is 0 Å². The molecule has 1 unspecified atom stereocenters. The SMILES string of the molecule is CCCC(CCC)C(=O)NC(C)C(N)=NO. The van der Waals surface area contributed by atoms with Crippen molar-refractivity contribution in [1.82, 2.24) is 5.32 Å². The molecular formula is C11H23N3O2. The van der Waals surface area contributed by atoms with Crippen molar-refractivity contribution in [2.75, 3.05) is 0 Å². The molecule has 0 aromatic heterocycles. The highest BCUT2D eigenvalue weighted by Gasteiger charge is 2.19. The number of hydrogen-bond donors (Lipinski definition) is 3. The van der Waals surface area contributed by atoms with Crippen LogP contribution in [0.25, 0.3) is 0 Å². The van der Waals surface area contributed by atoms with Gasteiger partial charge in [-0.25, -0.2) is 0 Å². The predicted molar refractivity (Wildman–Crippen MR) is 64.3 cm³/mol. The van der Waals surface area contributed by atoms with Crippen LogP contribution >= 0.6 is 0 Å². The van der Waals surface area contributed by atoms with Crippen molar-refractivity contribution in [1.29, 1.82) is 0 Å². The highest BCUT2D eigenvalue weighted by atomic mass is 16.4. The van der Waals surface area contributed by atoms with E-state index in [2.05, 4.69) is 24.3 Å². The number of nitrogens with zero attached hydrogens (tertiary/aromatic N) is 1. The van der Waals surface area contributed by atoms with E-state index in [0.717, 1.165) is 25.7 Å². The van der Waals surface area contributed by atoms with Gasteiger partial charge in [-0.3, -0.25) is 4.79 Å². The Morgan fingerprint density at radius 3 is 2.25 bits per heavy atom. The van der Waals surface area contributed by atoms with Crippen molar-refractivity contribution in [3.05, 3.63) is 0 Å². The van der Waals surface area contributed by atoms with Crippen LogP contribution in [0.3, 0.4) is 0 Å². The average molecular weight is 229 g/mol. The number of amides is 1. The molecule has 0 fully saturated rings. The lowest BCUT2D eigenvalue weighted by Gasteiger charge is -2.18. The zero-order chi connectivity index (χ0) is 12.6. The molecule has 0 spiro atoms. The molecule has 0 rings (SSSR count). The van der Waals surface area contributed by atoms with Crippen LogP contribution < -0.4 is 11.1 Å². The molecule has 0 aromatic carbocycles. The van der Waals surface area contributed by atoms with Crippen LogP contribution in [0.4, 0.5) is 0 Å². The zero-order valence-corrected chi connectivity index (χ0v) is 10.4. The number of oxime groups is 1. The summed E-state index contributed by atoms with van der Waals surface area (Å²) in [7, 11) is 0. The van der Waals surface area contributed by atoms with Crippen LogP contribution in [0, 0.1) is 5.92 Å². The maximum Gasteiger partial charge on any atom is 0.223 e. The summed E-state index contributed by atoms with van der Waals surface area (Å²) in [5, 5.41) is 14.1. The largest absolute Gasteiger partial charge is 0.409 e. The first-order chi connectivity index (χ1) is 7.56. The third-order valence-corrected chi connectivity index (χ3v) is 2.56. The molecule has 0 bridgehead atoms. The number of carbonyl (C=O) groups is 1. The lowest BCUT2D eigenvalue weighted by Crippen LogP contribution is -2.44. The fourth-order valence-corrected chi connectivity index (χ4v) is 1.60. The van der Waals surface area contributed by atoms with Gasteiger partial charge in [-0.05, 0) is 19.8 Å². The van der Waals surface area contributed by atoms with E-state index in [9.17, 15) is 4.79 Å². The Balaban J connectivity index is 4.29. The van der Waals surface area contributed by atoms with Gasteiger partial charge in [0.2, 0.25) is 5.91 Å². The molecule has 0 saturated carbocycles. The van der Waals surface area contributed by atoms with E-state index in [4.69, 9.17) is 10.9 Å². The lowest BCUT2D eigenvalue weighted by atomic mass is 9.97.